The van der Waals surface area contributed by atoms with Gasteiger partial charge in [0.2, 0.25) is 0 Å². The van der Waals surface area contributed by atoms with Crippen LogP contribution in [-0.2, 0) is 4.79 Å². The lowest BCUT2D eigenvalue weighted by Gasteiger charge is -2.15. The highest BCUT2D eigenvalue weighted by atomic mass is 32.2. The number of carbonyl (C=O) groups is 2. The number of hydrogen-bond acceptors (Lipinski definition) is 4. The van der Waals surface area contributed by atoms with Gasteiger partial charge in [0.25, 0.3) is 5.91 Å². The molecule has 25 heavy (non-hydrogen) atoms. The Hall–Kier alpha value is -2.51. The van der Waals surface area contributed by atoms with Gasteiger partial charge in [-0.3, -0.25) is 9.69 Å². The van der Waals surface area contributed by atoms with Crippen molar-refractivity contribution in [3.8, 4) is 0 Å². The van der Waals surface area contributed by atoms with Crippen LogP contribution in [0.4, 0.5) is 10.1 Å². The molecule has 2 aromatic carbocycles. The van der Waals surface area contributed by atoms with Crippen LogP contribution in [0.5, 0.6) is 0 Å². The zero-order chi connectivity index (χ0) is 18.1. The highest BCUT2D eigenvalue weighted by molar-refractivity contribution is 8.27. The Kier molecular flexibility index (Phi) is 4.69. The minimum absolute atomic E-state index is 0.102. The van der Waals surface area contributed by atoms with E-state index in [1.807, 2.05) is 0 Å². The van der Waals surface area contributed by atoms with Crippen LogP contribution in [0.3, 0.4) is 0 Å². The fourth-order valence-corrected chi connectivity index (χ4v) is 3.69. The molecule has 1 amide bonds. The number of rotatable bonds is 3. The number of benzene rings is 2. The van der Waals surface area contributed by atoms with Crippen molar-refractivity contribution in [1.29, 1.82) is 0 Å². The molecule has 0 saturated carbocycles. The Morgan fingerprint density at radius 2 is 2.00 bits per heavy atom. The summed E-state index contributed by atoms with van der Waals surface area (Å²) in [5.74, 6) is -1.92. The number of carboxylic acid groups (broad SMARTS) is 1. The van der Waals surface area contributed by atoms with Crippen molar-refractivity contribution in [2.24, 2.45) is 0 Å². The van der Waals surface area contributed by atoms with E-state index in [0.717, 1.165) is 11.8 Å². The molecule has 1 saturated heterocycles. The number of anilines is 1. The van der Waals surface area contributed by atoms with E-state index in [9.17, 15) is 19.1 Å². The van der Waals surface area contributed by atoms with Crippen LogP contribution in [0.15, 0.2) is 47.4 Å². The number of amides is 1. The predicted octanol–water partition coefficient (Wildman–Crippen LogP) is 4.24. The van der Waals surface area contributed by atoms with E-state index in [4.69, 9.17) is 12.2 Å². The number of aromatic carboxylic acids is 1. The largest absolute Gasteiger partial charge is 0.478 e. The molecule has 4 nitrogen and oxygen atoms in total. The average Bonchev–Trinajstić information content (AvgIpc) is 2.84. The van der Waals surface area contributed by atoms with Gasteiger partial charge < -0.3 is 5.11 Å². The monoisotopic (exact) mass is 373 g/mol. The average molecular weight is 373 g/mol. The lowest BCUT2D eigenvalue weighted by molar-refractivity contribution is -0.113. The lowest BCUT2D eigenvalue weighted by atomic mass is 10.1. The molecule has 1 N–H and O–H groups in total. The normalized spacial score (nSPS) is 15.9. The number of halogens is 1. The number of carboxylic acids is 1. The first-order valence-corrected chi connectivity index (χ1v) is 8.47. The molecule has 0 aliphatic carbocycles. The summed E-state index contributed by atoms with van der Waals surface area (Å²) in [6, 6.07) is 10.8. The molecule has 1 aliphatic heterocycles. The van der Waals surface area contributed by atoms with Crippen molar-refractivity contribution >= 4 is 51.9 Å². The molecule has 3 rings (SSSR count). The van der Waals surface area contributed by atoms with Crippen molar-refractivity contribution in [1.82, 2.24) is 0 Å². The molecule has 7 heteroatoms. The van der Waals surface area contributed by atoms with Gasteiger partial charge in [0.05, 0.1) is 16.2 Å². The first-order chi connectivity index (χ1) is 11.9. The van der Waals surface area contributed by atoms with Crippen LogP contribution < -0.4 is 4.90 Å². The van der Waals surface area contributed by atoms with Crippen LogP contribution in [0.1, 0.15) is 21.5 Å². The Morgan fingerprint density at radius 3 is 2.68 bits per heavy atom. The van der Waals surface area contributed by atoms with E-state index in [2.05, 4.69) is 0 Å². The van der Waals surface area contributed by atoms with E-state index in [1.165, 1.54) is 23.1 Å². The van der Waals surface area contributed by atoms with Gasteiger partial charge in [-0.05, 0) is 36.8 Å². The molecular formula is C18H12FNO3S2. The number of thiocarbonyl (C=S) groups is 1. The highest BCUT2D eigenvalue weighted by Gasteiger charge is 2.34. The van der Waals surface area contributed by atoms with E-state index in [-0.39, 0.29) is 20.4 Å². The van der Waals surface area contributed by atoms with Crippen LogP contribution in [-0.4, -0.2) is 21.3 Å². The van der Waals surface area contributed by atoms with Gasteiger partial charge in [-0.2, -0.15) is 0 Å². The van der Waals surface area contributed by atoms with Gasteiger partial charge >= 0.3 is 5.97 Å². The summed E-state index contributed by atoms with van der Waals surface area (Å²) in [7, 11) is 0. The molecule has 1 heterocycles. The van der Waals surface area contributed by atoms with E-state index < -0.39 is 17.7 Å². The van der Waals surface area contributed by atoms with Gasteiger partial charge in [0, 0.05) is 5.56 Å². The lowest BCUT2D eigenvalue weighted by Crippen LogP contribution is -2.27. The maximum atomic E-state index is 13.8. The van der Waals surface area contributed by atoms with E-state index in [1.54, 1.807) is 37.3 Å². The number of hydrogen-bond donors (Lipinski definition) is 1. The highest BCUT2D eigenvalue weighted by Crippen LogP contribution is 2.36. The Morgan fingerprint density at radius 1 is 1.28 bits per heavy atom. The summed E-state index contributed by atoms with van der Waals surface area (Å²) in [4.78, 5) is 25.5. The third-order valence-electron chi connectivity index (χ3n) is 3.70. The second-order valence-electron chi connectivity index (χ2n) is 5.34. The van der Waals surface area contributed by atoms with Crippen molar-refractivity contribution in [3.05, 3.63) is 69.9 Å². The molecule has 0 bridgehead atoms. The number of aryl methyl sites for hydroxylation is 1. The summed E-state index contributed by atoms with van der Waals surface area (Å²) in [5, 5.41) is 9.25. The smallest absolute Gasteiger partial charge is 0.336 e. The Labute approximate surface area is 153 Å². The van der Waals surface area contributed by atoms with Gasteiger partial charge in [0.15, 0.2) is 4.32 Å². The van der Waals surface area contributed by atoms with Gasteiger partial charge in [-0.25, -0.2) is 9.18 Å². The molecule has 1 aliphatic rings. The van der Waals surface area contributed by atoms with Crippen LogP contribution in [0.2, 0.25) is 0 Å². The van der Waals surface area contributed by atoms with Crippen molar-refractivity contribution < 1.29 is 19.1 Å². The summed E-state index contributed by atoms with van der Waals surface area (Å²) in [6.45, 7) is 1.68. The van der Waals surface area contributed by atoms with Crippen LogP contribution in [0, 0.1) is 12.7 Å². The first-order valence-electron chi connectivity index (χ1n) is 7.25. The topological polar surface area (TPSA) is 57.6 Å². The van der Waals surface area contributed by atoms with Gasteiger partial charge in [-0.15, -0.1) is 0 Å². The maximum absolute atomic E-state index is 13.8. The fraction of sp³-hybridized carbons (Fsp3) is 0.0556. The van der Waals surface area contributed by atoms with E-state index in [0.29, 0.717) is 11.3 Å². The number of nitrogens with zero attached hydrogens (tertiary/aromatic N) is 1. The molecule has 126 valence electrons. The number of carbonyl (C=O) groups excluding carboxylic acids is 1. The second-order valence-corrected chi connectivity index (χ2v) is 7.02. The summed E-state index contributed by atoms with van der Waals surface area (Å²) < 4.78 is 14.1. The van der Waals surface area contributed by atoms with Crippen LogP contribution in [0.25, 0.3) is 6.08 Å². The summed E-state index contributed by atoms with van der Waals surface area (Å²) in [5.41, 5.74) is 1.36. The van der Waals surface area contributed by atoms with E-state index >= 15 is 0 Å². The minimum atomic E-state index is -1.08. The number of thioether (sulfide) groups is 1. The standard InChI is InChI=1S/C18H12FNO3S2/c1-10-6-7-12(9-13(10)17(22)23)20-16(21)15(25-18(20)24)8-11-4-2-3-5-14(11)19/h2-9H,1H3,(H,22,23)/b15-8-. The Bertz CT molecular complexity index is 940. The maximum Gasteiger partial charge on any atom is 0.336 e. The third-order valence-corrected chi connectivity index (χ3v) is 5.00. The summed E-state index contributed by atoms with van der Waals surface area (Å²) >= 11 is 6.31. The molecule has 0 aromatic heterocycles. The molecule has 0 atom stereocenters. The predicted molar refractivity (Wildman–Crippen MR) is 100 cm³/mol. The zero-order valence-electron chi connectivity index (χ0n) is 13.0. The van der Waals surface area contributed by atoms with Crippen molar-refractivity contribution in [2.45, 2.75) is 6.92 Å². The molecule has 0 radical (unpaired) electrons. The third kappa shape index (κ3) is 3.33. The minimum Gasteiger partial charge on any atom is -0.478 e. The SMILES string of the molecule is Cc1ccc(N2C(=O)/C(=C/c3ccccc3F)SC2=S)cc1C(=O)O. The molecule has 0 spiro atoms. The first kappa shape index (κ1) is 17.3. The van der Waals surface area contributed by atoms with Gasteiger partial charge in [0.1, 0.15) is 5.82 Å². The van der Waals surface area contributed by atoms with Crippen molar-refractivity contribution in [3.63, 3.8) is 0 Å². The Balaban J connectivity index is 1.99. The van der Waals surface area contributed by atoms with Crippen molar-refractivity contribution in [2.75, 3.05) is 4.90 Å². The summed E-state index contributed by atoms with van der Waals surface area (Å²) in [6.07, 6.45) is 1.45. The fourth-order valence-electron chi connectivity index (χ4n) is 2.40. The molecular weight excluding hydrogens is 361 g/mol. The molecule has 2 aromatic rings. The molecule has 1 fully saturated rings. The molecule has 0 unspecified atom stereocenters. The zero-order valence-corrected chi connectivity index (χ0v) is 14.7. The van der Waals surface area contributed by atoms with Crippen LogP contribution >= 0.6 is 24.0 Å². The quantitative estimate of drug-likeness (QED) is 0.644. The van der Waals surface area contributed by atoms with Gasteiger partial charge in [-0.1, -0.05) is 48.2 Å². The second kappa shape index (κ2) is 6.78.